The van der Waals surface area contributed by atoms with Crippen molar-refractivity contribution in [3.63, 3.8) is 0 Å². The summed E-state index contributed by atoms with van der Waals surface area (Å²) in [5, 5.41) is 16.2. The Bertz CT molecular complexity index is 578. The summed E-state index contributed by atoms with van der Waals surface area (Å²) in [5.41, 5.74) is 1.17. The maximum absolute atomic E-state index is 9.43. The van der Waals surface area contributed by atoms with Gasteiger partial charge in [0.2, 0.25) is 0 Å². The summed E-state index contributed by atoms with van der Waals surface area (Å²) in [7, 11) is 4.08. The average Bonchev–Trinajstić information content (AvgIpc) is 2.69. The second-order valence-corrected chi connectivity index (χ2v) is 7.49. The van der Waals surface area contributed by atoms with Crippen molar-refractivity contribution in [2.75, 3.05) is 46.9 Å². The molecule has 1 aromatic carbocycles. The molecule has 3 N–H and O–H groups in total. The topological polar surface area (TPSA) is 69.1 Å². The van der Waals surface area contributed by atoms with Crippen molar-refractivity contribution in [1.82, 2.24) is 15.5 Å². The molecule has 0 aliphatic rings. The van der Waals surface area contributed by atoms with E-state index >= 15 is 0 Å². The van der Waals surface area contributed by atoms with Gasteiger partial charge in [-0.3, -0.25) is 0 Å². The van der Waals surface area contributed by atoms with Gasteiger partial charge in [0.05, 0.1) is 6.54 Å². The number of nitrogens with one attached hydrogen (secondary N) is 2. The smallest absolute Gasteiger partial charge is 0.191 e. The van der Waals surface area contributed by atoms with E-state index in [1.165, 1.54) is 0 Å². The van der Waals surface area contributed by atoms with Crippen molar-refractivity contribution in [3.8, 4) is 5.75 Å². The quantitative estimate of drug-likeness (QED) is 0.211. The second-order valence-electron chi connectivity index (χ2n) is 7.49. The molecule has 7 heteroatoms. The first-order chi connectivity index (χ1) is 13.5. The van der Waals surface area contributed by atoms with Crippen LogP contribution in [0.5, 0.6) is 5.75 Å². The summed E-state index contributed by atoms with van der Waals surface area (Å²) in [6, 6.07) is 8.07. The number of nitrogens with zero attached hydrogens (tertiary/aromatic N) is 2. The SMILES string of the molecule is CCNC(=NCc1ccccc1OCCN(C)C)NCC(CC)(CC)CCO.I. The van der Waals surface area contributed by atoms with Crippen LogP contribution in [0.15, 0.2) is 29.3 Å². The number of hydrogen-bond acceptors (Lipinski definition) is 4. The van der Waals surface area contributed by atoms with Gasteiger partial charge in [0.1, 0.15) is 12.4 Å². The predicted octanol–water partition coefficient (Wildman–Crippen LogP) is 3.49. The van der Waals surface area contributed by atoms with Gasteiger partial charge in [0, 0.05) is 31.8 Å². The number of guanidine groups is 1. The Kier molecular flexibility index (Phi) is 15.2. The van der Waals surface area contributed by atoms with Crippen LogP contribution < -0.4 is 15.4 Å². The molecule has 1 aromatic rings. The summed E-state index contributed by atoms with van der Waals surface area (Å²) in [5.74, 6) is 1.69. The highest BCUT2D eigenvalue weighted by Crippen LogP contribution is 2.29. The minimum atomic E-state index is 0. The van der Waals surface area contributed by atoms with Gasteiger partial charge < -0.3 is 25.4 Å². The lowest BCUT2D eigenvalue weighted by molar-refractivity contribution is 0.169. The third-order valence-electron chi connectivity index (χ3n) is 5.29. The fourth-order valence-corrected chi connectivity index (χ4v) is 3.07. The molecular weight excluding hydrogens is 479 g/mol. The molecule has 0 aromatic heterocycles. The van der Waals surface area contributed by atoms with Gasteiger partial charge in [-0.1, -0.05) is 32.0 Å². The minimum Gasteiger partial charge on any atom is -0.492 e. The highest BCUT2D eigenvalue weighted by atomic mass is 127. The van der Waals surface area contributed by atoms with Gasteiger partial charge >= 0.3 is 0 Å². The lowest BCUT2D eigenvalue weighted by Crippen LogP contribution is -2.43. The van der Waals surface area contributed by atoms with E-state index in [1.807, 2.05) is 32.3 Å². The molecule has 0 saturated carbocycles. The highest BCUT2D eigenvalue weighted by Gasteiger charge is 2.25. The van der Waals surface area contributed by atoms with Gasteiger partial charge in [0.25, 0.3) is 0 Å². The molecule has 0 unspecified atom stereocenters. The molecule has 6 nitrogen and oxygen atoms in total. The lowest BCUT2D eigenvalue weighted by atomic mass is 9.79. The summed E-state index contributed by atoms with van der Waals surface area (Å²) in [4.78, 5) is 6.87. The van der Waals surface area contributed by atoms with E-state index in [0.29, 0.717) is 13.2 Å². The highest BCUT2D eigenvalue weighted by molar-refractivity contribution is 14.0. The Morgan fingerprint density at radius 2 is 1.83 bits per heavy atom. The number of aliphatic hydroxyl groups excluding tert-OH is 1. The Morgan fingerprint density at radius 3 is 2.41 bits per heavy atom. The first-order valence-corrected chi connectivity index (χ1v) is 10.5. The van der Waals surface area contributed by atoms with E-state index in [2.05, 4.69) is 42.4 Å². The molecule has 0 aliphatic carbocycles. The van der Waals surface area contributed by atoms with Crippen LogP contribution in [0.3, 0.4) is 0 Å². The number of ether oxygens (including phenoxy) is 1. The molecule has 0 saturated heterocycles. The maximum Gasteiger partial charge on any atom is 0.191 e. The number of rotatable bonds is 13. The van der Waals surface area contributed by atoms with Gasteiger partial charge in [-0.2, -0.15) is 0 Å². The number of halogens is 1. The fraction of sp³-hybridized carbons (Fsp3) is 0.682. The van der Waals surface area contributed by atoms with Crippen LogP contribution in [0, 0.1) is 5.41 Å². The molecule has 1 rings (SSSR count). The molecule has 0 spiro atoms. The van der Waals surface area contributed by atoms with Crippen LogP contribution in [0.2, 0.25) is 0 Å². The third-order valence-corrected chi connectivity index (χ3v) is 5.29. The fourth-order valence-electron chi connectivity index (χ4n) is 3.07. The van der Waals surface area contributed by atoms with Crippen LogP contribution in [0.1, 0.15) is 45.6 Å². The Morgan fingerprint density at radius 1 is 1.14 bits per heavy atom. The van der Waals surface area contributed by atoms with Crippen LogP contribution in [-0.2, 0) is 6.54 Å². The largest absolute Gasteiger partial charge is 0.492 e. The number of hydrogen-bond donors (Lipinski definition) is 3. The van der Waals surface area contributed by atoms with E-state index < -0.39 is 0 Å². The molecule has 0 heterocycles. The van der Waals surface area contributed by atoms with Crippen molar-refractivity contribution < 1.29 is 9.84 Å². The first kappa shape index (κ1) is 27.9. The maximum atomic E-state index is 9.43. The minimum absolute atomic E-state index is 0. The number of likely N-dealkylation sites (N-methyl/N-ethyl adjacent to an activating group) is 1. The van der Waals surface area contributed by atoms with E-state index in [1.54, 1.807) is 0 Å². The molecular formula is C22H41IN4O2. The Hall–Kier alpha value is -1.06. The summed E-state index contributed by atoms with van der Waals surface area (Å²) >= 11 is 0. The van der Waals surface area contributed by atoms with Crippen molar-refractivity contribution in [2.45, 2.75) is 46.6 Å². The predicted molar refractivity (Wildman–Crippen MR) is 133 cm³/mol. The standard InChI is InChI=1S/C22H40N4O2.HI/c1-6-22(7-2,13-15-27)18-25-21(23-8-3)24-17-19-11-9-10-12-20(19)28-16-14-26(4)5;/h9-12,27H,6-8,13-18H2,1-5H3,(H2,23,24,25);1H. The average molecular weight is 521 g/mol. The summed E-state index contributed by atoms with van der Waals surface area (Å²) in [6.45, 7) is 10.3. The number of aliphatic imine (C=N–C) groups is 1. The Balaban J connectivity index is 0.00000784. The van der Waals surface area contributed by atoms with Crippen molar-refractivity contribution in [2.24, 2.45) is 10.4 Å². The number of benzene rings is 1. The van der Waals surface area contributed by atoms with E-state index in [4.69, 9.17) is 9.73 Å². The zero-order valence-corrected chi connectivity index (χ0v) is 21.2. The molecule has 0 fully saturated rings. The monoisotopic (exact) mass is 520 g/mol. The zero-order chi connectivity index (χ0) is 20.8. The summed E-state index contributed by atoms with van der Waals surface area (Å²) in [6.07, 6.45) is 2.85. The molecule has 0 atom stereocenters. The van der Waals surface area contributed by atoms with E-state index in [9.17, 15) is 5.11 Å². The van der Waals surface area contributed by atoms with Gasteiger partial charge in [-0.25, -0.2) is 4.99 Å². The van der Waals surface area contributed by atoms with Crippen LogP contribution in [-0.4, -0.2) is 62.9 Å². The van der Waals surface area contributed by atoms with Gasteiger partial charge in [0.15, 0.2) is 5.96 Å². The molecule has 0 aliphatic heterocycles. The van der Waals surface area contributed by atoms with E-state index in [-0.39, 0.29) is 36.0 Å². The van der Waals surface area contributed by atoms with Crippen molar-refractivity contribution >= 4 is 29.9 Å². The van der Waals surface area contributed by atoms with Gasteiger partial charge in [-0.05, 0) is 51.8 Å². The normalized spacial score (nSPS) is 11.9. The van der Waals surface area contributed by atoms with Crippen LogP contribution in [0.4, 0.5) is 0 Å². The lowest BCUT2D eigenvalue weighted by Gasteiger charge is -2.32. The van der Waals surface area contributed by atoms with Crippen LogP contribution in [0.25, 0.3) is 0 Å². The van der Waals surface area contributed by atoms with Gasteiger partial charge in [-0.15, -0.1) is 24.0 Å². The third kappa shape index (κ3) is 10.5. The molecule has 0 radical (unpaired) electrons. The molecule has 29 heavy (non-hydrogen) atoms. The Labute approximate surface area is 194 Å². The van der Waals surface area contributed by atoms with Crippen LogP contribution >= 0.6 is 24.0 Å². The number of para-hydroxylation sites is 1. The second kappa shape index (κ2) is 15.7. The number of aliphatic hydroxyl groups is 1. The molecule has 0 bridgehead atoms. The zero-order valence-electron chi connectivity index (χ0n) is 18.8. The summed E-state index contributed by atoms with van der Waals surface area (Å²) < 4.78 is 5.94. The molecule has 168 valence electrons. The van der Waals surface area contributed by atoms with E-state index in [0.717, 1.165) is 56.2 Å². The molecule has 0 amide bonds. The first-order valence-electron chi connectivity index (χ1n) is 10.5. The van der Waals surface area contributed by atoms with Crippen molar-refractivity contribution in [1.29, 1.82) is 0 Å². The van der Waals surface area contributed by atoms with Crippen molar-refractivity contribution in [3.05, 3.63) is 29.8 Å².